The van der Waals surface area contributed by atoms with E-state index in [1.54, 1.807) is 0 Å². The number of nitrogens with zero attached hydrogens (tertiary/aromatic N) is 3. The van der Waals surface area contributed by atoms with Crippen molar-refractivity contribution in [3.63, 3.8) is 0 Å². The van der Waals surface area contributed by atoms with Gasteiger partial charge in [-0.2, -0.15) is 0 Å². The van der Waals surface area contributed by atoms with Crippen molar-refractivity contribution in [1.29, 1.82) is 0 Å². The molecule has 1 N–H and O–H groups in total. The molecule has 0 spiro atoms. The van der Waals surface area contributed by atoms with Crippen LogP contribution in [-0.2, 0) is 0 Å². The number of likely N-dealkylation sites (tertiary alicyclic amines) is 1. The van der Waals surface area contributed by atoms with Crippen LogP contribution >= 0.6 is 12.2 Å². The lowest BCUT2D eigenvalue weighted by Gasteiger charge is -2.32. The molecule has 1 fully saturated rings. The summed E-state index contributed by atoms with van der Waals surface area (Å²) in [5.41, 5.74) is 3.30. The molecule has 1 unspecified atom stereocenters. The second-order valence-electron chi connectivity index (χ2n) is 5.32. The average Bonchev–Trinajstić information content (AvgIpc) is 2.77. The van der Waals surface area contributed by atoms with Crippen molar-refractivity contribution in [3.05, 3.63) is 22.6 Å². The molecule has 2 aromatic heterocycles. The summed E-state index contributed by atoms with van der Waals surface area (Å²) in [5.74, 6) is 0. The SMILES string of the molecule is CCN1CCCC(n2c(=S)[nH]c3c(C)ccnc32)C1. The van der Waals surface area contributed by atoms with Crippen LogP contribution in [0, 0.1) is 11.7 Å². The van der Waals surface area contributed by atoms with E-state index >= 15 is 0 Å². The van der Waals surface area contributed by atoms with E-state index < -0.39 is 0 Å². The van der Waals surface area contributed by atoms with Crippen LogP contribution in [0.5, 0.6) is 0 Å². The minimum absolute atomic E-state index is 0.448. The Morgan fingerprint density at radius 3 is 3.16 bits per heavy atom. The fourth-order valence-corrected chi connectivity index (χ4v) is 3.35. The number of aromatic amines is 1. The zero-order valence-electron chi connectivity index (χ0n) is 11.5. The zero-order valence-corrected chi connectivity index (χ0v) is 12.3. The number of likely N-dealkylation sites (N-methyl/N-ethyl adjacent to an activating group) is 1. The first-order chi connectivity index (χ1) is 9.20. The van der Waals surface area contributed by atoms with Gasteiger partial charge < -0.3 is 9.88 Å². The molecule has 5 heteroatoms. The van der Waals surface area contributed by atoms with E-state index in [4.69, 9.17) is 12.2 Å². The largest absolute Gasteiger partial charge is 0.329 e. The maximum atomic E-state index is 5.52. The molecule has 0 aliphatic carbocycles. The topological polar surface area (TPSA) is 36.9 Å². The zero-order chi connectivity index (χ0) is 13.4. The molecule has 0 radical (unpaired) electrons. The molecule has 3 heterocycles. The van der Waals surface area contributed by atoms with Gasteiger partial charge in [-0.05, 0) is 56.7 Å². The molecule has 4 nitrogen and oxygen atoms in total. The van der Waals surface area contributed by atoms with Gasteiger partial charge in [-0.3, -0.25) is 4.57 Å². The number of pyridine rings is 1. The van der Waals surface area contributed by atoms with E-state index in [1.807, 2.05) is 12.3 Å². The third kappa shape index (κ3) is 2.21. The van der Waals surface area contributed by atoms with E-state index in [1.165, 1.54) is 24.9 Å². The summed E-state index contributed by atoms with van der Waals surface area (Å²) in [6.45, 7) is 7.71. The molecule has 1 aliphatic heterocycles. The van der Waals surface area contributed by atoms with E-state index in [9.17, 15) is 0 Å². The number of H-pyrrole nitrogens is 1. The molecule has 1 atom stereocenters. The molecular formula is C14H20N4S. The molecule has 1 saturated heterocycles. The van der Waals surface area contributed by atoms with Crippen molar-refractivity contribution in [2.75, 3.05) is 19.6 Å². The van der Waals surface area contributed by atoms with Crippen molar-refractivity contribution in [1.82, 2.24) is 19.4 Å². The van der Waals surface area contributed by atoms with Gasteiger partial charge in [-0.1, -0.05) is 6.92 Å². The van der Waals surface area contributed by atoms with Crippen LogP contribution < -0.4 is 0 Å². The third-order valence-electron chi connectivity index (χ3n) is 4.11. The Bertz CT molecular complexity index is 642. The molecule has 0 aromatic carbocycles. The quantitative estimate of drug-likeness (QED) is 0.857. The van der Waals surface area contributed by atoms with Gasteiger partial charge in [0.25, 0.3) is 0 Å². The van der Waals surface area contributed by atoms with Crippen LogP contribution in [0.3, 0.4) is 0 Å². The summed E-state index contributed by atoms with van der Waals surface area (Å²) >= 11 is 5.52. The first kappa shape index (κ1) is 12.8. The number of imidazole rings is 1. The summed E-state index contributed by atoms with van der Waals surface area (Å²) in [6.07, 6.45) is 4.29. The van der Waals surface area contributed by atoms with Gasteiger partial charge in [-0.25, -0.2) is 4.98 Å². The van der Waals surface area contributed by atoms with Crippen LogP contribution in [0.15, 0.2) is 12.3 Å². The number of aryl methyl sites for hydroxylation is 1. The van der Waals surface area contributed by atoms with E-state index in [0.29, 0.717) is 6.04 Å². The summed E-state index contributed by atoms with van der Waals surface area (Å²) in [4.78, 5) is 10.3. The molecule has 1 aliphatic rings. The van der Waals surface area contributed by atoms with E-state index in [0.717, 1.165) is 29.0 Å². The van der Waals surface area contributed by atoms with Crippen molar-refractivity contribution < 1.29 is 0 Å². The standard InChI is InChI=1S/C14H20N4S/c1-3-17-8-4-5-11(9-17)18-13-12(16-14(18)19)10(2)6-7-15-13/h6-7,11H,3-5,8-9H2,1-2H3,(H,16,19). The van der Waals surface area contributed by atoms with Gasteiger partial charge in [0, 0.05) is 12.7 Å². The maximum Gasteiger partial charge on any atom is 0.179 e. The fraction of sp³-hybridized carbons (Fsp3) is 0.571. The summed E-state index contributed by atoms with van der Waals surface area (Å²) in [6, 6.07) is 2.47. The highest BCUT2D eigenvalue weighted by Crippen LogP contribution is 2.26. The summed E-state index contributed by atoms with van der Waals surface area (Å²) < 4.78 is 3.03. The van der Waals surface area contributed by atoms with E-state index in [-0.39, 0.29) is 0 Å². The van der Waals surface area contributed by atoms with Crippen LogP contribution in [0.25, 0.3) is 11.2 Å². The van der Waals surface area contributed by atoms with E-state index in [2.05, 4.69) is 33.3 Å². The van der Waals surface area contributed by atoms with Crippen LogP contribution in [0.1, 0.15) is 31.4 Å². The Hall–Kier alpha value is -1.20. The lowest BCUT2D eigenvalue weighted by atomic mass is 10.1. The number of piperidine rings is 1. The number of hydrogen-bond acceptors (Lipinski definition) is 3. The highest BCUT2D eigenvalue weighted by molar-refractivity contribution is 7.71. The molecule has 0 saturated carbocycles. The first-order valence-electron chi connectivity index (χ1n) is 6.99. The lowest BCUT2D eigenvalue weighted by molar-refractivity contribution is 0.186. The summed E-state index contributed by atoms with van der Waals surface area (Å²) in [5, 5.41) is 0. The first-order valence-corrected chi connectivity index (χ1v) is 7.39. The normalized spacial score (nSPS) is 21.1. The average molecular weight is 276 g/mol. The predicted molar refractivity (Wildman–Crippen MR) is 80.0 cm³/mol. The highest BCUT2D eigenvalue weighted by Gasteiger charge is 2.23. The smallest absolute Gasteiger partial charge is 0.179 e. The Kier molecular flexibility index (Phi) is 3.41. The molecular weight excluding hydrogens is 256 g/mol. The predicted octanol–water partition coefficient (Wildman–Crippen LogP) is 3.06. The highest BCUT2D eigenvalue weighted by atomic mass is 32.1. The van der Waals surface area contributed by atoms with Crippen molar-refractivity contribution >= 4 is 23.4 Å². The Labute approximate surface area is 118 Å². The van der Waals surface area contributed by atoms with Crippen LogP contribution in [0.2, 0.25) is 0 Å². The number of hydrogen-bond donors (Lipinski definition) is 1. The third-order valence-corrected chi connectivity index (χ3v) is 4.41. The lowest BCUT2D eigenvalue weighted by Crippen LogP contribution is -2.36. The van der Waals surface area contributed by atoms with Gasteiger partial charge >= 0.3 is 0 Å². The van der Waals surface area contributed by atoms with Gasteiger partial charge in [0.15, 0.2) is 10.4 Å². The number of rotatable bonds is 2. The van der Waals surface area contributed by atoms with Crippen molar-refractivity contribution in [3.8, 4) is 0 Å². The molecule has 0 bridgehead atoms. The minimum Gasteiger partial charge on any atom is -0.329 e. The minimum atomic E-state index is 0.448. The van der Waals surface area contributed by atoms with Gasteiger partial charge in [0.2, 0.25) is 0 Å². The monoisotopic (exact) mass is 276 g/mol. The maximum absolute atomic E-state index is 5.52. The molecule has 19 heavy (non-hydrogen) atoms. The molecule has 0 amide bonds. The number of nitrogens with one attached hydrogen (secondary N) is 1. The van der Waals surface area contributed by atoms with Gasteiger partial charge in [-0.15, -0.1) is 0 Å². The van der Waals surface area contributed by atoms with Crippen LogP contribution in [-0.4, -0.2) is 39.1 Å². The Morgan fingerprint density at radius 2 is 2.37 bits per heavy atom. The second-order valence-corrected chi connectivity index (χ2v) is 5.70. The molecule has 3 rings (SSSR count). The summed E-state index contributed by atoms with van der Waals surface area (Å²) in [7, 11) is 0. The molecule has 102 valence electrons. The number of fused-ring (bicyclic) bond motifs is 1. The van der Waals surface area contributed by atoms with Crippen molar-refractivity contribution in [2.24, 2.45) is 0 Å². The second kappa shape index (κ2) is 5.06. The molecule has 2 aromatic rings. The fourth-order valence-electron chi connectivity index (χ4n) is 3.01. The Balaban J connectivity index is 2.07. The number of aromatic nitrogens is 3. The Morgan fingerprint density at radius 1 is 1.53 bits per heavy atom. The van der Waals surface area contributed by atoms with Crippen molar-refractivity contribution in [2.45, 2.75) is 32.7 Å². The van der Waals surface area contributed by atoms with Crippen LogP contribution in [0.4, 0.5) is 0 Å². The van der Waals surface area contributed by atoms with Gasteiger partial charge in [0.05, 0.1) is 11.6 Å². The van der Waals surface area contributed by atoms with Gasteiger partial charge in [0.1, 0.15) is 0 Å².